The molecule has 4 aromatic rings. The lowest BCUT2D eigenvalue weighted by atomic mass is 10.0. The molecule has 0 aliphatic carbocycles. The molecule has 2 aromatic heterocycles. The zero-order valence-corrected chi connectivity index (χ0v) is 21.0. The summed E-state index contributed by atoms with van der Waals surface area (Å²) < 4.78 is 17.1. The second-order valence-electron chi connectivity index (χ2n) is 10.4. The number of aromatic nitrogens is 4. The van der Waals surface area contributed by atoms with Crippen molar-refractivity contribution in [3.8, 4) is 28.2 Å². The van der Waals surface area contributed by atoms with Gasteiger partial charge in [-0.3, -0.25) is 4.79 Å². The van der Waals surface area contributed by atoms with Gasteiger partial charge in [-0.2, -0.15) is 14.9 Å². The third-order valence-corrected chi connectivity index (χ3v) is 6.38. The number of anilines is 1. The molecule has 7 nitrogen and oxygen atoms in total. The number of nitrogens with one attached hydrogen (secondary N) is 2. The Hall–Kier alpha value is -3.78. The second kappa shape index (κ2) is 9.35. The molecule has 8 heteroatoms. The number of hydrogen-bond acceptors (Lipinski definition) is 5. The molecule has 0 saturated heterocycles. The maximum Gasteiger partial charge on any atom is 0.271 e. The number of rotatable bonds is 5. The van der Waals surface area contributed by atoms with Gasteiger partial charge in [0.1, 0.15) is 17.3 Å². The summed E-state index contributed by atoms with van der Waals surface area (Å²) in [6.45, 7) is 10.8. The lowest BCUT2D eigenvalue weighted by molar-refractivity contribution is 0.336. The highest BCUT2D eigenvalue weighted by Crippen LogP contribution is 2.38. The number of benzene rings is 2. The van der Waals surface area contributed by atoms with E-state index in [0.29, 0.717) is 17.3 Å². The average Bonchev–Trinajstić information content (AvgIpc) is 3.22. The zero-order valence-electron chi connectivity index (χ0n) is 21.0. The van der Waals surface area contributed by atoms with Crippen molar-refractivity contribution >= 4 is 5.82 Å². The number of fused-ring (bicyclic) bond motifs is 1. The smallest absolute Gasteiger partial charge is 0.271 e. The van der Waals surface area contributed by atoms with E-state index in [1.807, 2.05) is 35.9 Å². The van der Waals surface area contributed by atoms with E-state index in [-0.39, 0.29) is 16.9 Å². The summed E-state index contributed by atoms with van der Waals surface area (Å²) in [6.07, 6.45) is 0. The molecule has 1 aliphatic rings. The van der Waals surface area contributed by atoms with Crippen LogP contribution in [0.2, 0.25) is 0 Å². The molecule has 2 aromatic carbocycles. The van der Waals surface area contributed by atoms with E-state index in [9.17, 15) is 9.18 Å². The Balaban J connectivity index is 1.62. The monoisotopic (exact) mass is 486 g/mol. The summed E-state index contributed by atoms with van der Waals surface area (Å²) in [6, 6.07) is 17.2. The predicted molar refractivity (Wildman–Crippen MR) is 141 cm³/mol. The largest absolute Gasteiger partial charge is 0.369 e. The highest BCUT2D eigenvalue weighted by molar-refractivity contribution is 5.87. The molecule has 0 fully saturated rings. The predicted octanol–water partition coefficient (Wildman–Crippen LogP) is 4.64. The van der Waals surface area contributed by atoms with E-state index < -0.39 is 0 Å². The molecule has 186 valence electrons. The summed E-state index contributed by atoms with van der Waals surface area (Å²) in [7, 11) is 0. The Kier molecular flexibility index (Phi) is 6.22. The van der Waals surface area contributed by atoms with Crippen LogP contribution >= 0.6 is 0 Å². The van der Waals surface area contributed by atoms with Crippen LogP contribution in [0.1, 0.15) is 26.3 Å². The van der Waals surface area contributed by atoms with E-state index in [4.69, 9.17) is 10.2 Å². The molecule has 0 radical (unpaired) electrons. The van der Waals surface area contributed by atoms with Crippen LogP contribution in [0, 0.1) is 18.7 Å². The molecule has 0 bridgehead atoms. The quantitative estimate of drug-likeness (QED) is 0.430. The number of aryl methyl sites for hydroxylation is 1. The van der Waals surface area contributed by atoms with Crippen molar-refractivity contribution in [3.63, 3.8) is 0 Å². The second-order valence-corrected chi connectivity index (χ2v) is 10.4. The van der Waals surface area contributed by atoms with Gasteiger partial charge in [0.25, 0.3) is 5.56 Å². The molecular weight excluding hydrogens is 455 g/mol. The Morgan fingerprint density at radius 2 is 1.81 bits per heavy atom. The topological polar surface area (TPSA) is 76.8 Å². The molecule has 5 rings (SSSR count). The van der Waals surface area contributed by atoms with Crippen LogP contribution in [0.3, 0.4) is 0 Å². The van der Waals surface area contributed by atoms with Gasteiger partial charge in [-0.05, 0) is 69.7 Å². The van der Waals surface area contributed by atoms with Crippen molar-refractivity contribution in [3.05, 3.63) is 82.4 Å². The summed E-state index contributed by atoms with van der Waals surface area (Å²) >= 11 is 0. The van der Waals surface area contributed by atoms with Crippen LogP contribution in [0.25, 0.3) is 28.2 Å². The first-order chi connectivity index (χ1) is 17.2. The SMILES string of the molecule is Cc1ccccc1-n1nc(-c2c(-c3ccc(F)cc3)nn3c2NCC(CNC(C)(C)C)C3)ccc1=O. The number of halogens is 1. The first kappa shape index (κ1) is 23.9. The van der Waals surface area contributed by atoms with Crippen LogP contribution in [-0.2, 0) is 6.54 Å². The normalized spacial score (nSPS) is 15.4. The van der Waals surface area contributed by atoms with Gasteiger partial charge in [-0.1, -0.05) is 18.2 Å². The number of nitrogens with zero attached hydrogens (tertiary/aromatic N) is 4. The number of hydrogen-bond donors (Lipinski definition) is 2. The van der Waals surface area contributed by atoms with Crippen LogP contribution in [-0.4, -0.2) is 38.2 Å². The van der Waals surface area contributed by atoms with Crippen molar-refractivity contribution in [1.82, 2.24) is 24.9 Å². The molecule has 0 saturated carbocycles. The van der Waals surface area contributed by atoms with E-state index in [0.717, 1.165) is 47.8 Å². The minimum atomic E-state index is -0.304. The average molecular weight is 487 g/mol. The highest BCUT2D eigenvalue weighted by atomic mass is 19.1. The van der Waals surface area contributed by atoms with Crippen LogP contribution in [0.15, 0.2) is 65.5 Å². The van der Waals surface area contributed by atoms with Gasteiger partial charge in [-0.15, -0.1) is 0 Å². The van der Waals surface area contributed by atoms with E-state index >= 15 is 0 Å². The standard InChI is InChI=1S/C28H31FN6O/c1-18-7-5-6-8-23(18)35-24(36)14-13-22(32-35)25-26(20-9-11-21(29)12-10-20)33-34-17-19(15-30-27(25)34)16-31-28(2,3)4/h5-14,19,30-31H,15-17H2,1-4H3. The summed E-state index contributed by atoms with van der Waals surface area (Å²) in [4.78, 5) is 12.8. The van der Waals surface area contributed by atoms with Gasteiger partial charge in [-0.25, -0.2) is 9.07 Å². The van der Waals surface area contributed by atoms with Crippen molar-refractivity contribution in [2.75, 3.05) is 18.4 Å². The van der Waals surface area contributed by atoms with Gasteiger partial charge in [0.2, 0.25) is 0 Å². The lowest BCUT2D eigenvalue weighted by Crippen LogP contribution is -2.43. The van der Waals surface area contributed by atoms with Crippen molar-refractivity contribution in [1.29, 1.82) is 0 Å². The fourth-order valence-corrected chi connectivity index (χ4v) is 4.48. The third-order valence-electron chi connectivity index (χ3n) is 6.38. The van der Waals surface area contributed by atoms with Crippen molar-refractivity contribution < 1.29 is 4.39 Å². The zero-order chi connectivity index (χ0) is 25.4. The Bertz CT molecular complexity index is 1450. The van der Waals surface area contributed by atoms with E-state index in [2.05, 4.69) is 31.4 Å². The van der Waals surface area contributed by atoms with E-state index in [1.54, 1.807) is 18.2 Å². The Morgan fingerprint density at radius 1 is 1.06 bits per heavy atom. The fourth-order valence-electron chi connectivity index (χ4n) is 4.48. The molecule has 3 heterocycles. The van der Waals surface area contributed by atoms with Gasteiger partial charge >= 0.3 is 0 Å². The minimum absolute atomic E-state index is 0.0298. The summed E-state index contributed by atoms with van der Waals surface area (Å²) in [5, 5.41) is 16.8. The summed E-state index contributed by atoms with van der Waals surface area (Å²) in [5.41, 5.74) is 4.41. The highest BCUT2D eigenvalue weighted by Gasteiger charge is 2.28. The molecule has 36 heavy (non-hydrogen) atoms. The molecule has 1 atom stereocenters. The van der Waals surface area contributed by atoms with Crippen molar-refractivity contribution in [2.24, 2.45) is 5.92 Å². The van der Waals surface area contributed by atoms with Gasteiger partial charge in [0.15, 0.2) is 0 Å². The van der Waals surface area contributed by atoms with Crippen molar-refractivity contribution in [2.45, 2.75) is 39.8 Å². The molecule has 1 aliphatic heterocycles. The molecular formula is C28H31FN6O. The summed E-state index contributed by atoms with van der Waals surface area (Å²) in [5.74, 6) is 0.894. The van der Waals surface area contributed by atoms with Crippen LogP contribution < -0.4 is 16.2 Å². The maximum absolute atomic E-state index is 13.7. The Labute approximate surface area is 210 Å². The first-order valence-electron chi connectivity index (χ1n) is 12.2. The first-order valence-corrected chi connectivity index (χ1v) is 12.2. The molecule has 0 spiro atoms. The van der Waals surface area contributed by atoms with E-state index in [1.165, 1.54) is 22.9 Å². The molecule has 2 N–H and O–H groups in total. The van der Waals surface area contributed by atoms with Gasteiger partial charge in [0.05, 0.1) is 16.9 Å². The van der Waals surface area contributed by atoms with Crippen LogP contribution in [0.5, 0.6) is 0 Å². The third kappa shape index (κ3) is 4.81. The Morgan fingerprint density at radius 3 is 2.53 bits per heavy atom. The molecule has 0 amide bonds. The minimum Gasteiger partial charge on any atom is -0.369 e. The fraction of sp³-hybridized carbons (Fsp3) is 0.321. The number of para-hydroxylation sites is 1. The van der Waals surface area contributed by atoms with Gasteiger partial charge in [0, 0.05) is 42.7 Å². The van der Waals surface area contributed by atoms with Crippen LogP contribution in [0.4, 0.5) is 10.2 Å². The lowest BCUT2D eigenvalue weighted by Gasteiger charge is -2.29. The maximum atomic E-state index is 13.7. The molecule has 1 unspecified atom stereocenters. The van der Waals surface area contributed by atoms with Gasteiger partial charge < -0.3 is 10.6 Å².